The van der Waals surface area contributed by atoms with Gasteiger partial charge in [-0.05, 0) is 43.0 Å². The Labute approximate surface area is 119 Å². The number of hydrogen-bond acceptors (Lipinski definition) is 4. The molecule has 1 aromatic carbocycles. The number of benzene rings is 1. The molecule has 4 nitrogen and oxygen atoms in total. The van der Waals surface area contributed by atoms with Crippen LogP contribution in [-0.4, -0.2) is 26.5 Å². The molecule has 0 saturated carbocycles. The predicted molar refractivity (Wildman–Crippen MR) is 79.4 cm³/mol. The van der Waals surface area contributed by atoms with Crippen molar-refractivity contribution in [3.63, 3.8) is 0 Å². The van der Waals surface area contributed by atoms with Crippen molar-refractivity contribution in [1.82, 2.24) is 4.72 Å². The lowest BCUT2D eigenvalue weighted by atomic mass is 10.2. The molecule has 0 aliphatic rings. The van der Waals surface area contributed by atoms with Crippen LogP contribution in [0.2, 0.25) is 0 Å². The van der Waals surface area contributed by atoms with Gasteiger partial charge in [0, 0.05) is 6.04 Å². The first-order chi connectivity index (χ1) is 8.96. The number of sulfonamides is 1. The number of nitrogens with one attached hydrogen (secondary N) is 1. The van der Waals surface area contributed by atoms with E-state index in [0.717, 1.165) is 12.2 Å². The van der Waals surface area contributed by atoms with E-state index in [1.807, 2.05) is 19.2 Å². The fourth-order valence-corrected chi connectivity index (χ4v) is 3.63. The highest BCUT2D eigenvalue weighted by molar-refractivity contribution is 7.98. The lowest BCUT2D eigenvalue weighted by molar-refractivity contribution is 0.556. The van der Waals surface area contributed by atoms with E-state index in [9.17, 15) is 8.42 Å². The number of nitrogens with zero attached hydrogens (tertiary/aromatic N) is 1. The van der Waals surface area contributed by atoms with Gasteiger partial charge in [-0.1, -0.05) is 12.1 Å². The van der Waals surface area contributed by atoms with Crippen LogP contribution in [0.15, 0.2) is 24.3 Å². The van der Waals surface area contributed by atoms with E-state index < -0.39 is 10.0 Å². The summed E-state index contributed by atoms with van der Waals surface area (Å²) in [5.41, 5.74) is 1.21. The van der Waals surface area contributed by atoms with E-state index in [0.29, 0.717) is 11.1 Å². The molecule has 0 aliphatic heterocycles. The lowest BCUT2D eigenvalue weighted by Crippen LogP contribution is -2.33. The van der Waals surface area contributed by atoms with Gasteiger partial charge in [0.1, 0.15) is 0 Å². The van der Waals surface area contributed by atoms with E-state index in [1.165, 1.54) is 0 Å². The Balaban J connectivity index is 2.61. The van der Waals surface area contributed by atoms with Gasteiger partial charge in [0.05, 0.1) is 17.4 Å². The second-order valence-corrected chi connectivity index (χ2v) is 7.11. The summed E-state index contributed by atoms with van der Waals surface area (Å²) in [4.78, 5) is 0. The van der Waals surface area contributed by atoms with Crippen LogP contribution in [0.1, 0.15) is 24.5 Å². The number of thioether (sulfide) groups is 1. The van der Waals surface area contributed by atoms with Crippen LogP contribution < -0.4 is 4.72 Å². The van der Waals surface area contributed by atoms with Crippen LogP contribution >= 0.6 is 11.8 Å². The third kappa shape index (κ3) is 6.10. The molecule has 0 amide bonds. The molecule has 104 valence electrons. The molecular formula is C13H18N2O2S2. The van der Waals surface area contributed by atoms with Gasteiger partial charge in [0.15, 0.2) is 0 Å². The minimum absolute atomic E-state index is 0.0533. The molecular weight excluding hydrogens is 280 g/mol. The Morgan fingerprint density at radius 2 is 2.00 bits per heavy atom. The molecule has 1 rings (SSSR count). The Morgan fingerprint density at radius 1 is 1.37 bits per heavy atom. The summed E-state index contributed by atoms with van der Waals surface area (Å²) in [5, 5.41) is 8.68. The summed E-state index contributed by atoms with van der Waals surface area (Å²) in [7, 11) is -3.33. The summed E-state index contributed by atoms with van der Waals surface area (Å²) >= 11 is 1.70. The van der Waals surface area contributed by atoms with Crippen LogP contribution in [0.25, 0.3) is 0 Å². The van der Waals surface area contributed by atoms with Gasteiger partial charge in [0.2, 0.25) is 10.0 Å². The van der Waals surface area contributed by atoms with Gasteiger partial charge in [0.25, 0.3) is 0 Å². The quantitative estimate of drug-likeness (QED) is 0.837. The lowest BCUT2D eigenvalue weighted by Gasteiger charge is -2.13. The second-order valence-electron chi connectivity index (χ2n) is 4.37. The summed E-state index contributed by atoms with van der Waals surface area (Å²) in [5.74, 6) is 0.878. The van der Waals surface area contributed by atoms with Crippen LogP contribution in [0.4, 0.5) is 0 Å². The Bertz CT molecular complexity index is 533. The van der Waals surface area contributed by atoms with Crippen molar-refractivity contribution in [1.29, 1.82) is 5.26 Å². The topological polar surface area (TPSA) is 70.0 Å². The van der Waals surface area contributed by atoms with Crippen molar-refractivity contribution in [3.8, 4) is 6.07 Å². The smallest absolute Gasteiger partial charge is 0.212 e. The van der Waals surface area contributed by atoms with E-state index in [4.69, 9.17) is 5.26 Å². The summed E-state index contributed by atoms with van der Waals surface area (Å²) < 4.78 is 26.6. The molecule has 0 aromatic heterocycles. The molecule has 1 aromatic rings. The molecule has 0 heterocycles. The zero-order valence-corrected chi connectivity index (χ0v) is 12.7. The minimum Gasteiger partial charge on any atom is -0.212 e. The molecule has 0 spiro atoms. The molecule has 19 heavy (non-hydrogen) atoms. The van der Waals surface area contributed by atoms with Crippen molar-refractivity contribution in [2.24, 2.45) is 0 Å². The predicted octanol–water partition coefficient (Wildman–Crippen LogP) is 2.12. The van der Waals surface area contributed by atoms with Crippen molar-refractivity contribution in [3.05, 3.63) is 35.4 Å². The highest BCUT2D eigenvalue weighted by Crippen LogP contribution is 2.09. The first-order valence-corrected chi connectivity index (χ1v) is 8.99. The zero-order valence-electron chi connectivity index (χ0n) is 11.1. The number of rotatable bonds is 7. The van der Waals surface area contributed by atoms with Crippen LogP contribution in [-0.2, 0) is 15.8 Å². The normalized spacial score (nSPS) is 12.9. The van der Waals surface area contributed by atoms with Crippen LogP contribution in [0.5, 0.6) is 0 Å². The van der Waals surface area contributed by atoms with Crippen molar-refractivity contribution < 1.29 is 8.42 Å². The molecule has 6 heteroatoms. The zero-order chi connectivity index (χ0) is 14.3. The first kappa shape index (κ1) is 16.0. The second kappa shape index (κ2) is 7.53. The van der Waals surface area contributed by atoms with Gasteiger partial charge in [-0.25, -0.2) is 13.1 Å². The van der Waals surface area contributed by atoms with Crippen molar-refractivity contribution in [2.75, 3.05) is 12.0 Å². The SMILES string of the molecule is CSCCC(C)NS(=O)(=O)Cc1ccc(C#N)cc1. The average molecular weight is 298 g/mol. The summed E-state index contributed by atoms with van der Waals surface area (Å²) in [6.45, 7) is 1.87. The third-order valence-corrected chi connectivity index (χ3v) is 4.69. The van der Waals surface area contributed by atoms with Crippen LogP contribution in [0.3, 0.4) is 0 Å². The van der Waals surface area contributed by atoms with E-state index in [-0.39, 0.29) is 11.8 Å². The van der Waals surface area contributed by atoms with Gasteiger partial charge < -0.3 is 0 Å². The van der Waals surface area contributed by atoms with Crippen molar-refractivity contribution >= 4 is 21.8 Å². The van der Waals surface area contributed by atoms with Gasteiger partial charge in [-0.2, -0.15) is 17.0 Å². The third-order valence-electron chi connectivity index (χ3n) is 2.58. The van der Waals surface area contributed by atoms with Crippen LogP contribution in [0, 0.1) is 11.3 Å². The molecule has 1 N–H and O–H groups in total. The summed E-state index contributed by atoms with van der Waals surface area (Å²) in [6.07, 6.45) is 2.81. The summed E-state index contributed by atoms with van der Waals surface area (Å²) in [6, 6.07) is 8.54. The number of hydrogen-bond donors (Lipinski definition) is 1. The Hall–Kier alpha value is -1.03. The Kier molecular flexibility index (Phi) is 6.35. The standard InChI is InChI=1S/C13H18N2O2S2/c1-11(7-8-18-2)15-19(16,17)10-13-5-3-12(9-14)4-6-13/h3-6,11,15H,7-8,10H2,1-2H3. The fraction of sp³-hybridized carbons (Fsp3) is 0.462. The van der Waals surface area contributed by atoms with E-state index in [2.05, 4.69) is 4.72 Å². The molecule has 0 fully saturated rings. The largest absolute Gasteiger partial charge is 0.216 e. The first-order valence-electron chi connectivity index (χ1n) is 5.95. The highest BCUT2D eigenvalue weighted by atomic mass is 32.2. The highest BCUT2D eigenvalue weighted by Gasteiger charge is 2.15. The number of nitriles is 1. The fourth-order valence-electron chi connectivity index (χ4n) is 1.60. The maximum absolute atomic E-state index is 11.9. The van der Waals surface area contributed by atoms with Gasteiger partial charge in [-0.3, -0.25) is 0 Å². The van der Waals surface area contributed by atoms with E-state index in [1.54, 1.807) is 36.0 Å². The van der Waals surface area contributed by atoms with Gasteiger partial charge >= 0.3 is 0 Å². The molecule has 0 saturated heterocycles. The maximum Gasteiger partial charge on any atom is 0.216 e. The molecule has 0 aliphatic carbocycles. The molecule has 1 unspecified atom stereocenters. The monoisotopic (exact) mass is 298 g/mol. The van der Waals surface area contributed by atoms with Crippen molar-refractivity contribution in [2.45, 2.75) is 25.1 Å². The minimum atomic E-state index is -3.33. The maximum atomic E-state index is 11.9. The van der Waals surface area contributed by atoms with E-state index >= 15 is 0 Å². The molecule has 0 bridgehead atoms. The molecule has 0 radical (unpaired) electrons. The average Bonchev–Trinajstić information content (AvgIpc) is 2.36. The van der Waals surface area contributed by atoms with Gasteiger partial charge in [-0.15, -0.1) is 0 Å². The molecule has 1 atom stereocenters. The Morgan fingerprint density at radius 3 is 2.53 bits per heavy atom.